The number of hydrogen-bond acceptors (Lipinski definition) is 3. The molecule has 1 aliphatic carbocycles. The van der Waals surface area contributed by atoms with Crippen LogP contribution >= 0.6 is 12.4 Å². The summed E-state index contributed by atoms with van der Waals surface area (Å²) < 4.78 is 6.10. The van der Waals surface area contributed by atoms with Crippen LogP contribution in [0.25, 0.3) is 0 Å². The first kappa shape index (κ1) is 20.1. The van der Waals surface area contributed by atoms with Gasteiger partial charge in [0, 0.05) is 6.42 Å². The van der Waals surface area contributed by atoms with Crippen LogP contribution < -0.4 is 15.4 Å². The number of carbonyl (C=O) groups is 1. The Balaban J connectivity index is 0.00000225. The number of para-hydroxylation sites is 2. The topological polar surface area (TPSA) is 50.4 Å². The van der Waals surface area contributed by atoms with E-state index in [-0.39, 0.29) is 18.3 Å². The molecule has 2 aliphatic rings. The molecule has 1 amide bonds. The van der Waals surface area contributed by atoms with E-state index in [2.05, 4.69) is 17.6 Å². The van der Waals surface area contributed by atoms with E-state index < -0.39 is 0 Å². The lowest BCUT2D eigenvalue weighted by molar-refractivity contribution is -0.117. The molecule has 1 heterocycles. The Bertz CT molecular complexity index is 540. The van der Waals surface area contributed by atoms with E-state index in [1.165, 1.54) is 25.7 Å². The second-order valence-corrected chi connectivity index (χ2v) is 7.36. The Kier molecular flexibility index (Phi) is 8.04. The van der Waals surface area contributed by atoms with Crippen LogP contribution in [0.5, 0.6) is 5.75 Å². The minimum Gasteiger partial charge on any atom is -0.488 e. The number of nitrogens with one attached hydrogen (secondary N) is 2. The van der Waals surface area contributed by atoms with E-state index in [1.54, 1.807) is 0 Å². The second-order valence-electron chi connectivity index (χ2n) is 7.36. The lowest BCUT2D eigenvalue weighted by atomic mass is 9.85. The molecule has 0 spiro atoms. The molecule has 1 aliphatic heterocycles. The maximum atomic E-state index is 12.5. The van der Waals surface area contributed by atoms with Gasteiger partial charge in [0.05, 0.1) is 11.8 Å². The van der Waals surface area contributed by atoms with Crippen LogP contribution in [0, 0.1) is 11.8 Å². The molecule has 4 nitrogen and oxygen atoms in total. The van der Waals surface area contributed by atoms with Gasteiger partial charge >= 0.3 is 0 Å². The maximum Gasteiger partial charge on any atom is 0.224 e. The number of piperidine rings is 1. The van der Waals surface area contributed by atoms with Crippen LogP contribution in [-0.4, -0.2) is 25.1 Å². The number of rotatable bonds is 6. The Morgan fingerprint density at radius 3 is 2.72 bits per heavy atom. The number of carbonyl (C=O) groups excluding carboxylic acids is 1. The monoisotopic (exact) mass is 366 g/mol. The number of halogens is 1. The summed E-state index contributed by atoms with van der Waals surface area (Å²) in [5, 5.41) is 6.51. The van der Waals surface area contributed by atoms with Gasteiger partial charge in [0.25, 0.3) is 0 Å². The van der Waals surface area contributed by atoms with Gasteiger partial charge in [-0.2, -0.15) is 0 Å². The summed E-state index contributed by atoms with van der Waals surface area (Å²) in [5.41, 5.74) is 0.809. The third-order valence-electron chi connectivity index (χ3n) is 5.40. The third kappa shape index (κ3) is 5.89. The summed E-state index contributed by atoms with van der Waals surface area (Å²) in [6.45, 7) is 4.34. The molecule has 5 heteroatoms. The maximum absolute atomic E-state index is 12.5. The van der Waals surface area contributed by atoms with Gasteiger partial charge in [0.15, 0.2) is 0 Å². The predicted octanol–water partition coefficient (Wildman–Crippen LogP) is 4.39. The zero-order chi connectivity index (χ0) is 16.8. The van der Waals surface area contributed by atoms with Crippen molar-refractivity contribution in [1.29, 1.82) is 0 Å². The minimum atomic E-state index is 0. The standard InChI is InChI=1S/C20H30N2O2.ClH/c1-15(16-7-6-12-21-14-16)13-20(23)22-18-10-4-5-11-19(18)24-17-8-2-3-9-17;/h4-5,10-11,15-17,21H,2-3,6-9,12-14H2,1H3,(H,22,23);1H. The van der Waals surface area contributed by atoms with Crippen LogP contribution in [0.15, 0.2) is 24.3 Å². The minimum absolute atomic E-state index is 0. The second kappa shape index (κ2) is 10.0. The first-order valence-corrected chi connectivity index (χ1v) is 9.48. The van der Waals surface area contributed by atoms with Crippen molar-refractivity contribution in [2.75, 3.05) is 18.4 Å². The van der Waals surface area contributed by atoms with E-state index in [9.17, 15) is 4.79 Å². The van der Waals surface area contributed by atoms with Crippen molar-refractivity contribution in [1.82, 2.24) is 5.32 Å². The lowest BCUT2D eigenvalue weighted by Crippen LogP contribution is -2.34. The number of ether oxygens (including phenoxy) is 1. The summed E-state index contributed by atoms with van der Waals surface area (Å²) in [5.74, 6) is 1.91. The van der Waals surface area contributed by atoms with Crippen molar-refractivity contribution in [3.8, 4) is 5.75 Å². The van der Waals surface area contributed by atoms with Crippen molar-refractivity contribution in [3.05, 3.63) is 24.3 Å². The molecule has 2 N–H and O–H groups in total. The molecule has 140 valence electrons. The van der Waals surface area contributed by atoms with Crippen LogP contribution in [0.2, 0.25) is 0 Å². The number of anilines is 1. The zero-order valence-electron chi connectivity index (χ0n) is 15.1. The molecular formula is C20H31ClN2O2. The predicted molar refractivity (Wildman–Crippen MR) is 105 cm³/mol. The average Bonchev–Trinajstić information content (AvgIpc) is 3.10. The SMILES string of the molecule is CC(CC(=O)Nc1ccccc1OC1CCCC1)C1CCCNC1.Cl. The summed E-state index contributed by atoms with van der Waals surface area (Å²) in [4.78, 5) is 12.5. The highest BCUT2D eigenvalue weighted by Gasteiger charge is 2.23. The van der Waals surface area contributed by atoms with Crippen LogP contribution in [0.3, 0.4) is 0 Å². The molecule has 25 heavy (non-hydrogen) atoms. The molecule has 2 atom stereocenters. The van der Waals surface area contributed by atoms with Crippen molar-refractivity contribution in [3.63, 3.8) is 0 Å². The molecule has 2 fully saturated rings. The van der Waals surface area contributed by atoms with Gasteiger partial charge in [-0.25, -0.2) is 0 Å². The molecule has 1 saturated carbocycles. The summed E-state index contributed by atoms with van der Waals surface area (Å²) in [7, 11) is 0. The van der Waals surface area contributed by atoms with Gasteiger partial charge in [-0.05, 0) is 75.6 Å². The average molecular weight is 367 g/mol. The molecule has 3 rings (SSSR count). The summed E-state index contributed by atoms with van der Waals surface area (Å²) in [6, 6.07) is 7.82. The van der Waals surface area contributed by atoms with Crippen molar-refractivity contribution >= 4 is 24.0 Å². The Hall–Kier alpha value is -1.26. The van der Waals surface area contributed by atoms with E-state index >= 15 is 0 Å². The van der Waals surface area contributed by atoms with Gasteiger partial charge in [-0.15, -0.1) is 12.4 Å². The molecule has 0 radical (unpaired) electrons. The number of amides is 1. The van der Waals surface area contributed by atoms with Crippen molar-refractivity contribution < 1.29 is 9.53 Å². The molecular weight excluding hydrogens is 336 g/mol. The lowest BCUT2D eigenvalue weighted by Gasteiger charge is -2.28. The highest BCUT2D eigenvalue weighted by atomic mass is 35.5. The van der Waals surface area contributed by atoms with Gasteiger partial charge in [0.2, 0.25) is 5.91 Å². The first-order chi connectivity index (χ1) is 11.7. The van der Waals surface area contributed by atoms with Crippen molar-refractivity contribution in [2.45, 2.75) is 58.0 Å². The molecule has 1 saturated heterocycles. The molecule has 2 unspecified atom stereocenters. The summed E-state index contributed by atoms with van der Waals surface area (Å²) >= 11 is 0. The number of hydrogen-bond donors (Lipinski definition) is 2. The molecule has 0 aromatic heterocycles. The molecule has 1 aromatic carbocycles. The highest BCUT2D eigenvalue weighted by molar-refractivity contribution is 5.92. The van der Waals surface area contributed by atoms with Crippen molar-refractivity contribution in [2.24, 2.45) is 11.8 Å². The Morgan fingerprint density at radius 2 is 2.00 bits per heavy atom. The Morgan fingerprint density at radius 1 is 1.24 bits per heavy atom. The van der Waals surface area contributed by atoms with Gasteiger partial charge < -0.3 is 15.4 Å². The largest absolute Gasteiger partial charge is 0.488 e. The summed E-state index contributed by atoms with van der Waals surface area (Å²) in [6.07, 6.45) is 8.04. The fraction of sp³-hybridized carbons (Fsp3) is 0.650. The van der Waals surface area contributed by atoms with E-state index in [0.717, 1.165) is 37.4 Å². The quantitative estimate of drug-likeness (QED) is 0.784. The third-order valence-corrected chi connectivity index (χ3v) is 5.40. The smallest absolute Gasteiger partial charge is 0.224 e. The highest BCUT2D eigenvalue weighted by Crippen LogP contribution is 2.30. The molecule has 0 bridgehead atoms. The van der Waals surface area contributed by atoms with Gasteiger partial charge in [-0.3, -0.25) is 4.79 Å². The zero-order valence-corrected chi connectivity index (χ0v) is 15.9. The normalized spacial score (nSPS) is 22.0. The Labute approximate surface area is 157 Å². The van der Waals surface area contributed by atoms with E-state index in [4.69, 9.17) is 4.74 Å². The van der Waals surface area contributed by atoms with E-state index in [1.807, 2.05) is 24.3 Å². The first-order valence-electron chi connectivity index (χ1n) is 9.48. The number of benzene rings is 1. The molecule has 1 aromatic rings. The van der Waals surface area contributed by atoms with Crippen LogP contribution in [-0.2, 0) is 4.79 Å². The van der Waals surface area contributed by atoms with Crippen LogP contribution in [0.1, 0.15) is 51.9 Å². The van der Waals surface area contributed by atoms with Crippen LogP contribution in [0.4, 0.5) is 5.69 Å². The van der Waals surface area contributed by atoms with Gasteiger partial charge in [0.1, 0.15) is 5.75 Å². The van der Waals surface area contributed by atoms with E-state index in [0.29, 0.717) is 24.4 Å². The fourth-order valence-electron chi connectivity index (χ4n) is 3.88. The van der Waals surface area contributed by atoms with Gasteiger partial charge in [-0.1, -0.05) is 19.1 Å². The fourth-order valence-corrected chi connectivity index (χ4v) is 3.88.